The average Bonchev–Trinajstić information content (AvgIpc) is 2.43. The van der Waals surface area contributed by atoms with Gasteiger partial charge in [0.05, 0.1) is 0 Å². The van der Waals surface area contributed by atoms with Crippen LogP contribution in [0.1, 0.15) is 71.1 Å². The fraction of sp³-hybridized carbons (Fsp3) is 0.938. The molecule has 1 saturated heterocycles. The molecule has 3 heteroatoms. The minimum Gasteiger partial charge on any atom is -0.342 e. The number of piperidine rings is 1. The van der Waals surface area contributed by atoms with Crippen LogP contribution in [0.3, 0.4) is 0 Å². The monoisotopic (exact) mass is 268 g/mol. The fourth-order valence-electron chi connectivity index (χ4n) is 2.98. The van der Waals surface area contributed by atoms with Crippen molar-refractivity contribution < 1.29 is 4.79 Å². The maximum absolute atomic E-state index is 12.1. The minimum atomic E-state index is 0.372. The molecule has 0 radical (unpaired) electrons. The lowest BCUT2D eigenvalue weighted by Gasteiger charge is -2.32. The van der Waals surface area contributed by atoms with Gasteiger partial charge in [-0.2, -0.15) is 0 Å². The Kier molecular flexibility index (Phi) is 8.89. The van der Waals surface area contributed by atoms with Crippen molar-refractivity contribution in [2.75, 3.05) is 19.6 Å². The zero-order chi connectivity index (χ0) is 13.9. The van der Waals surface area contributed by atoms with Crippen molar-refractivity contribution in [2.24, 2.45) is 11.7 Å². The van der Waals surface area contributed by atoms with Crippen LogP contribution in [-0.2, 0) is 4.79 Å². The molecule has 0 aromatic heterocycles. The zero-order valence-electron chi connectivity index (χ0n) is 12.7. The van der Waals surface area contributed by atoms with Crippen molar-refractivity contribution in [3.63, 3.8) is 0 Å². The Morgan fingerprint density at radius 3 is 2.68 bits per heavy atom. The van der Waals surface area contributed by atoms with E-state index in [1.807, 2.05) is 0 Å². The average molecular weight is 268 g/mol. The Bertz CT molecular complexity index is 241. The van der Waals surface area contributed by atoms with Crippen molar-refractivity contribution in [3.8, 4) is 0 Å². The van der Waals surface area contributed by atoms with Gasteiger partial charge in [-0.15, -0.1) is 0 Å². The van der Waals surface area contributed by atoms with Crippen molar-refractivity contribution in [2.45, 2.75) is 71.1 Å². The molecular weight excluding hydrogens is 236 g/mol. The summed E-state index contributed by atoms with van der Waals surface area (Å²) < 4.78 is 0. The van der Waals surface area contributed by atoms with Crippen molar-refractivity contribution >= 4 is 5.91 Å². The van der Waals surface area contributed by atoms with E-state index in [0.29, 0.717) is 11.8 Å². The Morgan fingerprint density at radius 1 is 1.21 bits per heavy atom. The van der Waals surface area contributed by atoms with Gasteiger partial charge in [0.2, 0.25) is 5.91 Å². The predicted octanol–water partition coefficient (Wildman–Crippen LogP) is 3.32. The van der Waals surface area contributed by atoms with Crippen molar-refractivity contribution in [1.82, 2.24) is 4.90 Å². The Hall–Kier alpha value is -0.570. The standard InChI is InChI=1S/C16H32N2O/c1-2-3-4-5-6-7-10-16(19)18-13-8-9-15(14-18)11-12-17/h15H,2-14,17H2,1H3. The summed E-state index contributed by atoms with van der Waals surface area (Å²) in [5.74, 6) is 1.02. The summed E-state index contributed by atoms with van der Waals surface area (Å²) in [5, 5.41) is 0. The zero-order valence-corrected chi connectivity index (χ0v) is 12.7. The van der Waals surface area contributed by atoms with Crippen LogP contribution in [0, 0.1) is 5.92 Å². The molecule has 1 aliphatic heterocycles. The Balaban J connectivity index is 2.11. The molecule has 0 bridgehead atoms. The number of rotatable bonds is 9. The highest BCUT2D eigenvalue weighted by Crippen LogP contribution is 2.20. The number of likely N-dealkylation sites (tertiary alicyclic amines) is 1. The molecule has 1 amide bonds. The van der Waals surface area contributed by atoms with Gasteiger partial charge in [-0.3, -0.25) is 4.79 Å². The third-order valence-electron chi connectivity index (χ3n) is 4.19. The molecule has 1 atom stereocenters. The van der Waals surface area contributed by atoms with Crippen LogP contribution < -0.4 is 5.73 Å². The minimum absolute atomic E-state index is 0.372. The number of carbonyl (C=O) groups is 1. The van der Waals surface area contributed by atoms with Crippen molar-refractivity contribution in [1.29, 1.82) is 0 Å². The summed E-state index contributed by atoms with van der Waals surface area (Å²) in [6.07, 6.45) is 11.7. The summed E-state index contributed by atoms with van der Waals surface area (Å²) in [5.41, 5.74) is 5.62. The summed E-state index contributed by atoms with van der Waals surface area (Å²) in [7, 11) is 0. The largest absolute Gasteiger partial charge is 0.342 e. The van der Waals surface area contributed by atoms with Crippen LogP contribution in [0.5, 0.6) is 0 Å². The summed E-state index contributed by atoms with van der Waals surface area (Å²) in [4.78, 5) is 14.2. The van der Waals surface area contributed by atoms with Gasteiger partial charge in [0.1, 0.15) is 0 Å². The van der Waals surface area contributed by atoms with E-state index in [-0.39, 0.29) is 0 Å². The molecule has 0 aliphatic carbocycles. The molecule has 0 saturated carbocycles. The molecular formula is C16H32N2O. The van der Waals surface area contributed by atoms with Crippen LogP contribution in [0.2, 0.25) is 0 Å². The molecule has 1 heterocycles. The molecule has 0 aromatic carbocycles. The number of carbonyl (C=O) groups excluding carboxylic acids is 1. The van der Waals surface area contributed by atoms with Gasteiger partial charge in [0, 0.05) is 19.5 Å². The molecule has 2 N–H and O–H groups in total. The highest BCUT2D eigenvalue weighted by atomic mass is 16.2. The van der Waals surface area contributed by atoms with Gasteiger partial charge in [-0.1, -0.05) is 39.0 Å². The lowest BCUT2D eigenvalue weighted by molar-refractivity contribution is -0.133. The van der Waals surface area contributed by atoms with Gasteiger partial charge in [-0.05, 0) is 38.1 Å². The summed E-state index contributed by atoms with van der Waals surface area (Å²) in [6, 6.07) is 0. The van der Waals surface area contributed by atoms with Gasteiger partial charge in [0.25, 0.3) is 0 Å². The maximum Gasteiger partial charge on any atom is 0.222 e. The second-order valence-electron chi connectivity index (χ2n) is 5.94. The van der Waals surface area contributed by atoms with E-state index in [4.69, 9.17) is 5.73 Å². The summed E-state index contributed by atoms with van der Waals surface area (Å²) >= 11 is 0. The highest BCUT2D eigenvalue weighted by Gasteiger charge is 2.22. The van der Waals surface area contributed by atoms with E-state index in [1.54, 1.807) is 0 Å². The molecule has 112 valence electrons. The normalized spacial score (nSPS) is 19.7. The van der Waals surface area contributed by atoms with E-state index in [0.717, 1.165) is 45.3 Å². The lowest BCUT2D eigenvalue weighted by atomic mass is 9.94. The summed E-state index contributed by atoms with van der Waals surface area (Å²) in [6.45, 7) is 4.91. The first-order valence-corrected chi connectivity index (χ1v) is 8.25. The molecule has 19 heavy (non-hydrogen) atoms. The van der Waals surface area contributed by atoms with E-state index >= 15 is 0 Å². The van der Waals surface area contributed by atoms with E-state index in [9.17, 15) is 4.79 Å². The highest BCUT2D eigenvalue weighted by molar-refractivity contribution is 5.76. The molecule has 1 aliphatic rings. The molecule has 0 aromatic rings. The van der Waals surface area contributed by atoms with Crippen LogP contribution in [0.4, 0.5) is 0 Å². The number of hydrogen-bond donors (Lipinski definition) is 1. The Morgan fingerprint density at radius 2 is 1.95 bits per heavy atom. The first kappa shape index (κ1) is 16.5. The molecule has 3 nitrogen and oxygen atoms in total. The van der Waals surface area contributed by atoms with Gasteiger partial charge >= 0.3 is 0 Å². The van der Waals surface area contributed by atoms with Crippen LogP contribution >= 0.6 is 0 Å². The topological polar surface area (TPSA) is 46.3 Å². The number of amides is 1. The van der Waals surface area contributed by atoms with Crippen LogP contribution in [0.25, 0.3) is 0 Å². The van der Waals surface area contributed by atoms with Crippen LogP contribution in [0.15, 0.2) is 0 Å². The number of unbranched alkanes of at least 4 members (excludes halogenated alkanes) is 5. The lowest BCUT2D eigenvalue weighted by Crippen LogP contribution is -2.40. The number of nitrogens with two attached hydrogens (primary N) is 1. The van der Waals surface area contributed by atoms with Crippen LogP contribution in [-0.4, -0.2) is 30.4 Å². The predicted molar refractivity (Wildman–Crippen MR) is 81.0 cm³/mol. The van der Waals surface area contributed by atoms with E-state index in [2.05, 4.69) is 11.8 Å². The Labute approximate surface area is 118 Å². The second kappa shape index (κ2) is 10.2. The molecule has 1 fully saturated rings. The third kappa shape index (κ3) is 6.95. The van der Waals surface area contributed by atoms with E-state index in [1.165, 1.54) is 38.5 Å². The molecule has 0 spiro atoms. The third-order valence-corrected chi connectivity index (χ3v) is 4.19. The number of hydrogen-bond acceptors (Lipinski definition) is 2. The van der Waals surface area contributed by atoms with E-state index < -0.39 is 0 Å². The SMILES string of the molecule is CCCCCCCCC(=O)N1CCCC(CCN)C1. The quantitative estimate of drug-likeness (QED) is 0.652. The smallest absolute Gasteiger partial charge is 0.222 e. The molecule has 1 unspecified atom stereocenters. The molecule has 1 rings (SSSR count). The van der Waals surface area contributed by atoms with Gasteiger partial charge < -0.3 is 10.6 Å². The first-order chi connectivity index (χ1) is 9.27. The maximum atomic E-state index is 12.1. The first-order valence-electron chi connectivity index (χ1n) is 8.25. The second-order valence-corrected chi connectivity index (χ2v) is 5.94. The fourth-order valence-corrected chi connectivity index (χ4v) is 2.98. The van der Waals surface area contributed by atoms with Gasteiger partial charge in [-0.25, -0.2) is 0 Å². The van der Waals surface area contributed by atoms with Gasteiger partial charge in [0.15, 0.2) is 0 Å². The number of nitrogens with zero attached hydrogens (tertiary/aromatic N) is 1. The van der Waals surface area contributed by atoms with Crippen molar-refractivity contribution in [3.05, 3.63) is 0 Å².